The Balaban J connectivity index is 1.99. The molecule has 1 aromatic carbocycles. The number of carbonyl (C=O) groups excluding carboxylic acids is 4. The molecule has 1 spiro atoms. The van der Waals surface area contributed by atoms with Crippen molar-refractivity contribution in [2.75, 3.05) is 7.11 Å². The summed E-state index contributed by atoms with van der Waals surface area (Å²) in [7, 11) is 1.26. The Hall–Kier alpha value is -2.76. The average molecular weight is 326 g/mol. The number of hydrogen-bond acceptors (Lipinski definition) is 6. The summed E-state index contributed by atoms with van der Waals surface area (Å²) in [5.41, 5.74) is -1.52. The van der Waals surface area contributed by atoms with Crippen molar-refractivity contribution in [3.8, 4) is 5.75 Å². The normalized spacial score (nSPS) is 21.1. The van der Waals surface area contributed by atoms with Gasteiger partial charge < -0.3 is 9.84 Å². The maximum Gasteiger partial charge on any atom is 0.228 e. The summed E-state index contributed by atoms with van der Waals surface area (Å²) >= 11 is 0. The molecule has 1 aromatic rings. The number of benzene rings is 1. The van der Waals surface area contributed by atoms with Crippen molar-refractivity contribution in [1.29, 1.82) is 0 Å². The molecule has 0 atom stereocenters. The van der Waals surface area contributed by atoms with Crippen LogP contribution in [-0.4, -0.2) is 35.3 Å². The van der Waals surface area contributed by atoms with Gasteiger partial charge >= 0.3 is 0 Å². The maximum atomic E-state index is 12.8. The zero-order chi connectivity index (χ0) is 17.2. The van der Waals surface area contributed by atoms with E-state index >= 15 is 0 Å². The number of methoxy groups -OCH3 is 1. The lowest BCUT2D eigenvalue weighted by Gasteiger charge is -2.17. The number of carbonyl (C=O) groups is 4. The first-order valence-corrected chi connectivity index (χ1v) is 7.76. The fourth-order valence-corrected chi connectivity index (χ4v) is 4.08. The van der Waals surface area contributed by atoms with Crippen LogP contribution in [0.4, 0.5) is 0 Å². The summed E-state index contributed by atoms with van der Waals surface area (Å²) < 4.78 is 4.89. The molecule has 6 nitrogen and oxygen atoms in total. The van der Waals surface area contributed by atoms with E-state index in [1.165, 1.54) is 13.2 Å². The quantitative estimate of drug-likeness (QED) is 0.795. The molecule has 0 unspecified atom stereocenters. The highest BCUT2D eigenvalue weighted by atomic mass is 16.5. The van der Waals surface area contributed by atoms with Crippen LogP contribution < -0.4 is 0 Å². The van der Waals surface area contributed by atoms with E-state index in [4.69, 9.17) is 4.74 Å². The number of phenols is 1. The number of ketones is 4. The summed E-state index contributed by atoms with van der Waals surface area (Å²) in [4.78, 5) is 50.3. The number of aromatic hydroxyl groups is 1. The van der Waals surface area contributed by atoms with Gasteiger partial charge in [-0.3, -0.25) is 19.2 Å². The van der Waals surface area contributed by atoms with Gasteiger partial charge in [0.1, 0.15) is 5.75 Å². The molecule has 24 heavy (non-hydrogen) atoms. The zero-order valence-corrected chi connectivity index (χ0v) is 13.0. The molecule has 1 fully saturated rings. The molecular formula is C18H14O6. The third kappa shape index (κ3) is 1.55. The first kappa shape index (κ1) is 14.8. The molecule has 3 aliphatic carbocycles. The minimum Gasteiger partial charge on any atom is -0.506 e. The molecule has 0 amide bonds. The monoisotopic (exact) mass is 326 g/mol. The number of fused-ring (bicyclic) bond motifs is 2. The lowest BCUT2D eigenvalue weighted by atomic mass is 9.81. The Bertz CT molecular complexity index is 883. The molecule has 1 N–H and O–H groups in total. The van der Waals surface area contributed by atoms with Crippen molar-refractivity contribution in [2.24, 2.45) is 5.41 Å². The van der Waals surface area contributed by atoms with Crippen molar-refractivity contribution in [3.05, 3.63) is 40.2 Å². The third-order valence-electron chi connectivity index (χ3n) is 5.30. The van der Waals surface area contributed by atoms with Gasteiger partial charge in [0.15, 0.2) is 23.1 Å². The van der Waals surface area contributed by atoms with Crippen LogP contribution in [0.3, 0.4) is 0 Å². The highest BCUT2D eigenvalue weighted by Crippen LogP contribution is 2.52. The lowest BCUT2D eigenvalue weighted by molar-refractivity contribution is 0.0705. The predicted octanol–water partition coefficient (Wildman–Crippen LogP) is 2.24. The van der Waals surface area contributed by atoms with Gasteiger partial charge in [0.25, 0.3) is 0 Å². The standard InChI is InChI=1S/C18H14O6/c1-24-11-7-10(19)12-8(14(11)20)6-9-13(15(12)21)17(23)18(16(9)22)4-2-3-5-18/h6-7,21H,2-5H2,1H3. The Morgan fingerprint density at radius 3 is 2.29 bits per heavy atom. The fourth-order valence-electron chi connectivity index (χ4n) is 4.08. The summed E-state index contributed by atoms with van der Waals surface area (Å²) in [6.45, 7) is 0. The van der Waals surface area contributed by atoms with Crippen LogP contribution in [0.2, 0.25) is 0 Å². The molecule has 0 saturated heterocycles. The maximum absolute atomic E-state index is 12.8. The topological polar surface area (TPSA) is 97.7 Å². The number of hydrogen-bond donors (Lipinski definition) is 1. The van der Waals surface area contributed by atoms with Gasteiger partial charge in [-0.1, -0.05) is 12.8 Å². The van der Waals surface area contributed by atoms with E-state index in [1.54, 1.807) is 0 Å². The molecule has 0 aliphatic heterocycles. The van der Waals surface area contributed by atoms with Gasteiger partial charge in [-0.2, -0.15) is 0 Å². The van der Waals surface area contributed by atoms with Crippen LogP contribution in [0.25, 0.3) is 0 Å². The van der Waals surface area contributed by atoms with Gasteiger partial charge in [0.2, 0.25) is 5.78 Å². The number of allylic oxidation sites excluding steroid dienone is 2. The highest BCUT2D eigenvalue weighted by Gasteiger charge is 2.56. The number of phenolic OH excluding ortho intramolecular Hbond substituents is 1. The van der Waals surface area contributed by atoms with Crippen LogP contribution in [0, 0.1) is 5.41 Å². The van der Waals surface area contributed by atoms with Crippen molar-refractivity contribution < 1.29 is 29.0 Å². The van der Waals surface area contributed by atoms with Crippen molar-refractivity contribution in [3.63, 3.8) is 0 Å². The van der Waals surface area contributed by atoms with Gasteiger partial charge in [-0.25, -0.2) is 0 Å². The number of ether oxygens (including phenoxy) is 1. The molecule has 4 rings (SSSR count). The summed E-state index contributed by atoms with van der Waals surface area (Å²) in [6.07, 6.45) is 3.39. The van der Waals surface area contributed by atoms with Gasteiger partial charge in [0.05, 0.1) is 23.7 Å². The second kappa shape index (κ2) is 4.63. The Labute approximate surface area is 137 Å². The Morgan fingerprint density at radius 1 is 1.00 bits per heavy atom. The van der Waals surface area contributed by atoms with E-state index in [0.29, 0.717) is 12.8 Å². The van der Waals surface area contributed by atoms with Crippen LogP contribution >= 0.6 is 0 Å². The van der Waals surface area contributed by atoms with Gasteiger partial charge in [0, 0.05) is 17.2 Å². The molecule has 0 radical (unpaired) electrons. The summed E-state index contributed by atoms with van der Waals surface area (Å²) in [5, 5.41) is 10.5. The molecule has 0 bridgehead atoms. The van der Waals surface area contributed by atoms with Gasteiger partial charge in [-0.15, -0.1) is 0 Å². The van der Waals surface area contributed by atoms with Gasteiger partial charge in [-0.05, 0) is 18.9 Å². The lowest BCUT2D eigenvalue weighted by Crippen LogP contribution is -2.29. The van der Waals surface area contributed by atoms with Crippen LogP contribution in [0.15, 0.2) is 17.9 Å². The van der Waals surface area contributed by atoms with Crippen molar-refractivity contribution >= 4 is 23.1 Å². The number of Topliss-reactive ketones (excluding diaryl/α,β-unsaturated/α-hetero) is 3. The second-order valence-corrected chi connectivity index (χ2v) is 6.42. The van der Waals surface area contributed by atoms with E-state index in [2.05, 4.69) is 0 Å². The largest absolute Gasteiger partial charge is 0.506 e. The third-order valence-corrected chi connectivity index (χ3v) is 5.30. The van der Waals surface area contributed by atoms with E-state index in [1.807, 2.05) is 0 Å². The highest BCUT2D eigenvalue weighted by molar-refractivity contribution is 6.34. The first-order chi connectivity index (χ1) is 11.4. The van der Waals surface area contributed by atoms with E-state index in [9.17, 15) is 24.3 Å². The molecule has 1 saturated carbocycles. The van der Waals surface area contributed by atoms with E-state index in [0.717, 1.165) is 18.9 Å². The Kier molecular flexibility index (Phi) is 2.85. The fraction of sp³-hybridized carbons (Fsp3) is 0.333. The minimum absolute atomic E-state index is 0.0386. The second-order valence-electron chi connectivity index (χ2n) is 6.42. The van der Waals surface area contributed by atoms with Crippen LogP contribution in [0.1, 0.15) is 67.1 Å². The average Bonchev–Trinajstić information content (AvgIpc) is 3.13. The Morgan fingerprint density at radius 2 is 1.67 bits per heavy atom. The molecule has 0 aromatic heterocycles. The summed E-state index contributed by atoms with van der Waals surface area (Å²) in [6, 6.07) is 1.27. The van der Waals surface area contributed by atoms with Crippen LogP contribution in [-0.2, 0) is 4.74 Å². The van der Waals surface area contributed by atoms with Crippen molar-refractivity contribution in [2.45, 2.75) is 25.7 Å². The minimum atomic E-state index is -1.13. The first-order valence-electron chi connectivity index (χ1n) is 7.76. The molecule has 6 heteroatoms. The SMILES string of the molecule is COC1=CC(=O)c2c(cc3c(c2O)C(=O)C2(CCCC2)C3=O)C1=O. The molecule has 3 aliphatic rings. The summed E-state index contributed by atoms with van der Waals surface area (Å²) in [5.74, 6) is -2.70. The molecule has 0 heterocycles. The van der Waals surface area contributed by atoms with E-state index < -0.39 is 28.5 Å². The van der Waals surface area contributed by atoms with Crippen molar-refractivity contribution in [1.82, 2.24) is 0 Å². The molecule has 122 valence electrons. The van der Waals surface area contributed by atoms with E-state index in [-0.39, 0.29) is 33.8 Å². The molecular weight excluding hydrogens is 312 g/mol. The smallest absolute Gasteiger partial charge is 0.228 e. The number of rotatable bonds is 1. The zero-order valence-electron chi connectivity index (χ0n) is 13.0. The predicted molar refractivity (Wildman–Crippen MR) is 81.4 cm³/mol. The van der Waals surface area contributed by atoms with Crippen LogP contribution in [0.5, 0.6) is 5.75 Å².